The Morgan fingerprint density at radius 2 is 1.84 bits per heavy atom. The lowest BCUT2D eigenvalue weighted by atomic mass is 10.1. The van der Waals surface area contributed by atoms with Gasteiger partial charge in [-0.05, 0) is 23.6 Å². The lowest BCUT2D eigenvalue weighted by Crippen LogP contribution is -2.31. The highest BCUT2D eigenvalue weighted by atomic mass is 19.3. The minimum absolute atomic E-state index is 0.0104. The lowest BCUT2D eigenvalue weighted by Gasteiger charge is -2.19. The molecule has 5 heteroatoms. The summed E-state index contributed by atoms with van der Waals surface area (Å²) in [5.41, 5.74) is 0.780. The van der Waals surface area contributed by atoms with Crippen LogP contribution >= 0.6 is 0 Å². The molecular formula is C14H19F2NO2. The number of alkyl halides is 2. The van der Waals surface area contributed by atoms with E-state index in [1.807, 2.05) is 13.8 Å². The van der Waals surface area contributed by atoms with E-state index in [1.54, 1.807) is 24.1 Å². The largest absolute Gasteiger partial charge is 0.435 e. The van der Waals surface area contributed by atoms with Crippen LogP contribution in [0.4, 0.5) is 8.78 Å². The molecule has 0 atom stereocenters. The van der Waals surface area contributed by atoms with Crippen molar-refractivity contribution in [2.24, 2.45) is 5.92 Å². The van der Waals surface area contributed by atoms with Crippen molar-refractivity contribution in [2.45, 2.75) is 26.9 Å². The maximum absolute atomic E-state index is 12.0. The Morgan fingerprint density at radius 3 is 2.32 bits per heavy atom. The van der Waals surface area contributed by atoms with Crippen molar-refractivity contribution in [3.8, 4) is 5.75 Å². The first-order valence-corrected chi connectivity index (χ1v) is 6.16. The van der Waals surface area contributed by atoms with Crippen LogP contribution in [0.5, 0.6) is 5.75 Å². The quantitative estimate of drug-likeness (QED) is 0.796. The van der Waals surface area contributed by atoms with Crippen LogP contribution in [0, 0.1) is 5.92 Å². The van der Waals surface area contributed by atoms with Crippen LogP contribution in [0.15, 0.2) is 24.3 Å². The van der Waals surface area contributed by atoms with Gasteiger partial charge in [0, 0.05) is 13.6 Å². The molecule has 0 bridgehead atoms. The molecule has 1 amide bonds. The molecule has 0 fully saturated rings. The summed E-state index contributed by atoms with van der Waals surface area (Å²) in [6.07, 6.45) is 0.262. The smallest absolute Gasteiger partial charge is 0.387 e. The van der Waals surface area contributed by atoms with Crippen LogP contribution < -0.4 is 4.74 Å². The summed E-state index contributed by atoms with van der Waals surface area (Å²) in [6, 6.07) is 6.13. The molecule has 0 saturated carbocycles. The number of carbonyl (C=O) groups is 1. The highest BCUT2D eigenvalue weighted by molar-refractivity contribution is 5.78. The van der Waals surface area contributed by atoms with Crippen molar-refractivity contribution in [3.05, 3.63) is 29.8 Å². The first kappa shape index (κ1) is 15.4. The second-order valence-corrected chi connectivity index (χ2v) is 4.87. The minimum atomic E-state index is -2.83. The fourth-order valence-corrected chi connectivity index (χ4v) is 1.75. The SMILES string of the molecule is CC(C)CN(C)C(=O)Cc1ccc(OC(F)F)cc1. The second-order valence-electron chi connectivity index (χ2n) is 4.87. The van der Waals surface area contributed by atoms with Gasteiger partial charge in [0.05, 0.1) is 6.42 Å². The number of hydrogen-bond acceptors (Lipinski definition) is 2. The van der Waals surface area contributed by atoms with Crippen molar-refractivity contribution < 1.29 is 18.3 Å². The molecule has 0 aliphatic heterocycles. The van der Waals surface area contributed by atoms with E-state index >= 15 is 0 Å². The zero-order valence-electron chi connectivity index (χ0n) is 11.4. The molecule has 1 rings (SSSR count). The number of carbonyl (C=O) groups excluding carboxylic acids is 1. The third-order valence-electron chi connectivity index (χ3n) is 2.57. The molecule has 0 heterocycles. The normalized spacial score (nSPS) is 10.9. The van der Waals surface area contributed by atoms with E-state index in [0.717, 1.165) is 5.56 Å². The van der Waals surface area contributed by atoms with Gasteiger partial charge in [0.25, 0.3) is 0 Å². The van der Waals surface area contributed by atoms with Crippen LogP contribution in [0.25, 0.3) is 0 Å². The van der Waals surface area contributed by atoms with Crippen LogP contribution in [0.3, 0.4) is 0 Å². The molecule has 3 nitrogen and oxygen atoms in total. The first-order valence-electron chi connectivity index (χ1n) is 6.16. The lowest BCUT2D eigenvalue weighted by molar-refractivity contribution is -0.129. The summed E-state index contributed by atoms with van der Waals surface area (Å²) in [7, 11) is 1.76. The molecule has 0 aromatic heterocycles. The molecule has 0 N–H and O–H groups in total. The van der Waals surface area contributed by atoms with E-state index in [4.69, 9.17) is 0 Å². The number of likely N-dealkylation sites (N-methyl/N-ethyl adjacent to an activating group) is 1. The summed E-state index contributed by atoms with van der Waals surface area (Å²) in [5.74, 6) is 0.522. The third kappa shape index (κ3) is 5.68. The van der Waals surface area contributed by atoms with Gasteiger partial charge in [-0.2, -0.15) is 8.78 Å². The average molecular weight is 271 g/mol. The monoisotopic (exact) mass is 271 g/mol. The first-order chi connectivity index (χ1) is 8.88. The predicted octanol–water partition coefficient (Wildman–Crippen LogP) is 2.94. The minimum Gasteiger partial charge on any atom is -0.435 e. The van der Waals surface area contributed by atoms with Crippen molar-refractivity contribution >= 4 is 5.91 Å². The standard InChI is InChI=1S/C14H19F2NO2/c1-10(2)9-17(3)13(18)8-11-4-6-12(7-5-11)19-14(15)16/h4-7,10,14H,8-9H2,1-3H3. The zero-order chi connectivity index (χ0) is 14.4. The molecule has 0 spiro atoms. The van der Waals surface area contributed by atoms with Gasteiger partial charge in [-0.1, -0.05) is 26.0 Å². The van der Waals surface area contributed by atoms with E-state index in [9.17, 15) is 13.6 Å². The van der Waals surface area contributed by atoms with Gasteiger partial charge in [0.2, 0.25) is 5.91 Å². The van der Waals surface area contributed by atoms with Crippen LogP contribution in [0.1, 0.15) is 19.4 Å². The summed E-state index contributed by atoms with van der Waals surface area (Å²) >= 11 is 0. The summed E-state index contributed by atoms with van der Waals surface area (Å²) < 4.78 is 28.2. The number of amides is 1. The Labute approximate surface area is 112 Å². The van der Waals surface area contributed by atoms with Crippen molar-refractivity contribution in [3.63, 3.8) is 0 Å². The Hall–Kier alpha value is -1.65. The van der Waals surface area contributed by atoms with E-state index in [0.29, 0.717) is 12.5 Å². The van der Waals surface area contributed by atoms with Crippen molar-refractivity contribution in [1.29, 1.82) is 0 Å². The van der Waals surface area contributed by atoms with Crippen LogP contribution in [0.2, 0.25) is 0 Å². The predicted molar refractivity (Wildman–Crippen MR) is 69.3 cm³/mol. The summed E-state index contributed by atoms with van der Waals surface area (Å²) in [6.45, 7) is 1.95. The molecule has 0 aliphatic rings. The Kier molecular flexibility index (Phi) is 5.73. The van der Waals surface area contributed by atoms with Gasteiger partial charge >= 0.3 is 6.61 Å². The molecule has 1 aromatic carbocycles. The van der Waals surface area contributed by atoms with E-state index < -0.39 is 6.61 Å². The molecule has 19 heavy (non-hydrogen) atoms. The van der Waals surface area contributed by atoms with Gasteiger partial charge in [0.15, 0.2) is 0 Å². The van der Waals surface area contributed by atoms with Crippen molar-refractivity contribution in [2.75, 3.05) is 13.6 Å². The van der Waals surface area contributed by atoms with Gasteiger partial charge in [-0.3, -0.25) is 4.79 Å². The van der Waals surface area contributed by atoms with Gasteiger partial charge in [-0.25, -0.2) is 0 Å². The molecule has 0 radical (unpaired) electrons. The molecule has 106 valence electrons. The van der Waals surface area contributed by atoms with Crippen LogP contribution in [-0.2, 0) is 11.2 Å². The number of benzene rings is 1. The number of halogens is 2. The van der Waals surface area contributed by atoms with E-state index in [-0.39, 0.29) is 18.1 Å². The maximum atomic E-state index is 12.0. The highest BCUT2D eigenvalue weighted by Gasteiger charge is 2.11. The zero-order valence-corrected chi connectivity index (χ0v) is 11.4. The Bertz CT molecular complexity index is 404. The average Bonchev–Trinajstić information content (AvgIpc) is 2.30. The number of hydrogen-bond donors (Lipinski definition) is 0. The Balaban J connectivity index is 2.55. The fourth-order valence-electron chi connectivity index (χ4n) is 1.75. The van der Waals surface area contributed by atoms with E-state index in [2.05, 4.69) is 4.74 Å². The third-order valence-corrected chi connectivity index (χ3v) is 2.57. The van der Waals surface area contributed by atoms with Gasteiger partial charge in [-0.15, -0.1) is 0 Å². The second kappa shape index (κ2) is 7.07. The maximum Gasteiger partial charge on any atom is 0.387 e. The summed E-state index contributed by atoms with van der Waals surface area (Å²) in [5, 5.41) is 0. The molecule has 0 aliphatic carbocycles. The summed E-state index contributed by atoms with van der Waals surface area (Å²) in [4.78, 5) is 13.6. The number of rotatable bonds is 6. The van der Waals surface area contributed by atoms with Gasteiger partial charge in [0.1, 0.15) is 5.75 Å². The number of nitrogens with zero attached hydrogens (tertiary/aromatic N) is 1. The number of ether oxygens (including phenoxy) is 1. The van der Waals surface area contributed by atoms with E-state index in [1.165, 1.54) is 12.1 Å². The molecule has 1 aromatic rings. The molecule has 0 unspecified atom stereocenters. The van der Waals surface area contributed by atoms with Crippen molar-refractivity contribution in [1.82, 2.24) is 4.90 Å². The highest BCUT2D eigenvalue weighted by Crippen LogP contribution is 2.15. The molecular weight excluding hydrogens is 252 g/mol. The fraction of sp³-hybridized carbons (Fsp3) is 0.500. The Morgan fingerprint density at radius 1 is 1.26 bits per heavy atom. The molecule has 0 saturated heterocycles. The van der Waals surface area contributed by atoms with Crippen LogP contribution in [-0.4, -0.2) is 31.0 Å². The topological polar surface area (TPSA) is 29.5 Å². The van der Waals surface area contributed by atoms with Gasteiger partial charge < -0.3 is 9.64 Å².